The Kier molecular flexibility index (Phi) is 7.27. The van der Waals surface area contributed by atoms with Crippen molar-refractivity contribution in [1.82, 2.24) is 14.7 Å². The number of piperidine rings is 2. The first-order valence-electron chi connectivity index (χ1n) is 10.3. The van der Waals surface area contributed by atoms with Gasteiger partial charge < -0.3 is 9.64 Å². The maximum absolute atomic E-state index is 12.8. The van der Waals surface area contributed by atoms with E-state index in [1.54, 1.807) is 7.11 Å². The molecule has 5 heteroatoms. The number of benzene rings is 1. The zero-order chi connectivity index (χ0) is 19.1. The Bertz CT molecular complexity index is 590. The molecule has 1 spiro atoms. The van der Waals surface area contributed by atoms with Gasteiger partial charge in [0.2, 0.25) is 5.91 Å². The minimum absolute atomic E-state index is 0.271. The van der Waals surface area contributed by atoms with E-state index in [9.17, 15) is 4.79 Å². The predicted molar refractivity (Wildman–Crippen MR) is 109 cm³/mol. The van der Waals surface area contributed by atoms with Crippen LogP contribution in [0.25, 0.3) is 0 Å². The molecule has 0 radical (unpaired) electrons. The lowest BCUT2D eigenvalue weighted by atomic mass is 9.73. The molecule has 2 heterocycles. The van der Waals surface area contributed by atoms with Crippen LogP contribution in [0.2, 0.25) is 0 Å². The molecule has 1 aromatic rings. The first kappa shape index (κ1) is 20.3. The molecule has 2 fully saturated rings. The summed E-state index contributed by atoms with van der Waals surface area (Å²) in [5, 5.41) is 0. The normalized spacial score (nSPS) is 23.9. The Hall–Kier alpha value is -1.43. The monoisotopic (exact) mass is 373 g/mol. The Morgan fingerprint density at radius 1 is 1.15 bits per heavy atom. The highest BCUT2D eigenvalue weighted by Gasteiger charge is 2.40. The molecule has 0 N–H and O–H groups in total. The molecule has 1 amide bonds. The molecule has 0 saturated carbocycles. The first-order valence-corrected chi connectivity index (χ1v) is 10.3. The number of likely N-dealkylation sites (N-methyl/N-ethyl adjacent to an activating group) is 1. The van der Waals surface area contributed by atoms with Crippen LogP contribution in [0.5, 0.6) is 0 Å². The second-order valence-corrected chi connectivity index (χ2v) is 8.45. The Labute approximate surface area is 164 Å². The van der Waals surface area contributed by atoms with Crippen LogP contribution in [0.15, 0.2) is 30.3 Å². The topological polar surface area (TPSA) is 36.0 Å². The zero-order valence-electron chi connectivity index (χ0n) is 17.0. The molecule has 2 aliphatic heterocycles. The third kappa shape index (κ3) is 5.77. The summed E-state index contributed by atoms with van der Waals surface area (Å²) in [5.74, 6) is 0.271. The molecule has 0 aromatic heterocycles. The highest BCUT2D eigenvalue weighted by atomic mass is 16.5. The molecule has 27 heavy (non-hydrogen) atoms. The molecule has 0 unspecified atom stereocenters. The fraction of sp³-hybridized carbons (Fsp3) is 0.682. The van der Waals surface area contributed by atoms with Gasteiger partial charge >= 0.3 is 0 Å². The standard InChI is InChI=1S/C22H35N3O2/c1-23(14-15-27-2)17-21(26)25-13-7-11-22(19-25)10-6-12-24(18-22)16-20-8-4-3-5-9-20/h3-5,8-9H,6-7,10-19H2,1-2H3/t22-/m1/s1. The second-order valence-electron chi connectivity index (χ2n) is 8.45. The van der Waals surface area contributed by atoms with Crippen molar-refractivity contribution in [3.8, 4) is 0 Å². The summed E-state index contributed by atoms with van der Waals surface area (Å²) in [6.45, 7) is 7.11. The van der Waals surface area contributed by atoms with E-state index in [1.807, 2.05) is 7.05 Å². The fourth-order valence-electron chi connectivity index (χ4n) is 4.70. The van der Waals surface area contributed by atoms with E-state index in [2.05, 4.69) is 45.0 Å². The van der Waals surface area contributed by atoms with E-state index < -0.39 is 0 Å². The number of hydrogen-bond acceptors (Lipinski definition) is 4. The van der Waals surface area contributed by atoms with E-state index in [0.717, 1.165) is 39.1 Å². The van der Waals surface area contributed by atoms with Gasteiger partial charge in [-0.05, 0) is 44.8 Å². The average molecular weight is 374 g/mol. The number of likely N-dealkylation sites (tertiary alicyclic amines) is 2. The Morgan fingerprint density at radius 2 is 1.89 bits per heavy atom. The zero-order valence-corrected chi connectivity index (χ0v) is 17.0. The second kappa shape index (κ2) is 9.67. The summed E-state index contributed by atoms with van der Waals surface area (Å²) in [4.78, 5) is 19.6. The van der Waals surface area contributed by atoms with Crippen LogP contribution in [0.1, 0.15) is 31.2 Å². The SMILES string of the molecule is COCCN(C)CC(=O)N1CCC[C@@]2(CCCN(Cc3ccccc3)C2)C1. The molecule has 5 nitrogen and oxygen atoms in total. The lowest BCUT2D eigenvalue weighted by molar-refractivity contribution is -0.137. The summed E-state index contributed by atoms with van der Waals surface area (Å²) in [6.07, 6.45) is 4.87. The van der Waals surface area contributed by atoms with Gasteiger partial charge in [-0.1, -0.05) is 30.3 Å². The summed E-state index contributed by atoms with van der Waals surface area (Å²) >= 11 is 0. The largest absolute Gasteiger partial charge is 0.383 e. The smallest absolute Gasteiger partial charge is 0.236 e. The van der Waals surface area contributed by atoms with Crippen LogP contribution in [-0.2, 0) is 16.1 Å². The minimum atomic E-state index is 0.271. The molecule has 1 aromatic carbocycles. The third-order valence-corrected chi connectivity index (χ3v) is 6.09. The van der Waals surface area contributed by atoms with E-state index in [0.29, 0.717) is 13.2 Å². The summed E-state index contributed by atoms with van der Waals surface area (Å²) < 4.78 is 5.12. The number of carbonyl (C=O) groups excluding carboxylic acids is 1. The Morgan fingerprint density at radius 3 is 2.63 bits per heavy atom. The van der Waals surface area contributed by atoms with Crippen molar-refractivity contribution in [2.45, 2.75) is 32.2 Å². The van der Waals surface area contributed by atoms with Crippen molar-refractivity contribution in [3.05, 3.63) is 35.9 Å². The van der Waals surface area contributed by atoms with Gasteiger partial charge in [-0.15, -0.1) is 0 Å². The van der Waals surface area contributed by atoms with Gasteiger partial charge in [0, 0.05) is 45.2 Å². The quantitative estimate of drug-likeness (QED) is 0.736. The third-order valence-electron chi connectivity index (χ3n) is 6.09. The number of amides is 1. The van der Waals surface area contributed by atoms with Gasteiger partial charge in [-0.2, -0.15) is 0 Å². The highest BCUT2D eigenvalue weighted by molar-refractivity contribution is 5.78. The summed E-state index contributed by atoms with van der Waals surface area (Å²) in [5.41, 5.74) is 1.67. The van der Waals surface area contributed by atoms with Crippen molar-refractivity contribution in [2.75, 3.05) is 60.0 Å². The van der Waals surface area contributed by atoms with Crippen molar-refractivity contribution in [2.24, 2.45) is 5.41 Å². The number of ether oxygens (including phenoxy) is 1. The fourth-order valence-corrected chi connectivity index (χ4v) is 4.70. The number of methoxy groups -OCH3 is 1. The van der Waals surface area contributed by atoms with Gasteiger partial charge in [-0.3, -0.25) is 14.6 Å². The van der Waals surface area contributed by atoms with E-state index >= 15 is 0 Å². The van der Waals surface area contributed by atoms with Gasteiger partial charge in [0.05, 0.1) is 13.2 Å². The predicted octanol–water partition coefficient (Wildman–Crippen LogP) is 2.47. The van der Waals surface area contributed by atoms with Gasteiger partial charge in [0.1, 0.15) is 0 Å². The van der Waals surface area contributed by atoms with Crippen LogP contribution in [0.3, 0.4) is 0 Å². The van der Waals surface area contributed by atoms with Crippen LogP contribution in [0.4, 0.5) is 0 Å². The maximum atomic E-state index is 12.8. The van der Waals surface area contributed by atoms with Crippen LogP contribution in [0, 0.1) is 5.41 Å². The summed E-state index contributed by atoms with van der Waals surface area (Å²) in [7, 11) is 3.70. The minimum Gasteiger partial charge on any atom is -0.383 e. The number of rotatable bonds is 7. The lowest BCUT2D eigenvalue weighted by Crippen LogP contribution is -2.54. The molecule has 0 bridgehead atoms. The van der Waals surface area contributed by atoms with Gasteiger partial charge in [0.15, 0.2) is 0 Å². The molecular formula is C22H35N3O2. The van der Waals surface area contributed by atoms with Crippen LogP contribution >= 0.6 is 0 Å². The lowest BCUT2D eigenvalue weighted by Gasteiger charge is -2.48. The molecule has 3 rings (SSSR count). The molecule has 0 aliphatic carbocycles. The molecular weight excluding hydrogens is 338 g/mol. The average Bonchev–Trinajstić information content (AvgIpc) is 2.67. The summed E-state index contributed by atoms with van der Waals surface area (Å²) in [6, 6.07) is 10.8. The number of nitrogens with zero attached hydrogens (tertiary/aromatic N) is 3. The molecule has 2 saturated heterocycles. The molecule has 2 aliphatic rings. The van der Waals surface area contributed by atoms with Gasteiger partial charge in [-0.25, -0.2) is 0 Å². The highest BCUT2D eigenvalue weighted by Crippen LogP contribution is 2.38. The number of carbonyl (C=O) groups is 1. The van der Waals surface area contributed by atoms with Crippen LogP contribution < -0.4 is 0 Å². The van der Waals surface area contributed by atoms with Crippen molar-refractivity contribution in [3.63, 3.8) is 0 Å². The number of hydrogen-bond donors (Lipinski definition) is 0. The Balaban J connectivity index is 1.56. The van der Waals surface area contributed by atoms with Gasteiger partial charge in [0.25, 0.3) is 0 Å². The van der Waals surface area contributed by atoms with E-state index in [-0.39, 0.29) is 11.3 Å². The van der Waals surface area contributed by atoms with Crippen LogP contribution in [-0.4, -0.2) is 80.6 Å². The maximum Gasteiger partial charge on any atom is 0.236 e. The van der Waals surface area contributed by atoms with Crippen molar-refractivity contribution >= 4 is 5.91 Å². The van der Waals surface area contributed by atoms with E-state index in [4.69, 9.17) is 4.74 Å². The van der Waals surface area contributed by atoms with Crippen molar-refractivity contribution < 1.29 is 9.53 Å². The van der Waals surface area contributed by atoms with E-state index in [1.165, 1.54) is 31.4 Å². The molecule has 150 valence electrons. The molecule has 1 atom stereocenters. The first-order chi connectivity index (χ1) is 13.1. The van der Waals surface area contributed by atoms with Crippen molar-refractivity contribution in [1.29, 1.82) is 0 Å².